The van der Waals surface area contributed by atoms with Crippen LogP contribution in [0, 0.1) is 17.2 Å². The summed E-state index contributed by atoms with van der Waals surface area (Å²) in [6.45, 7) is 3.69. The SMILES string of the molecule is CCN(CCCNC1CCCCC1C#N)S(C)(=O)=O. The Balaban J connectivity index is 2.28. The van der Waals surface area contributed by atoms with Crippen molar-refractivity contribution < 1.29 is 8.42 Å². The third-order valence-corrected chi connectivity index (χ3v) is 5.12. The van der Waals surface area contributed by atoms with Crippen LogP contribution in [0.4, 0.5) is 0 Å². The lowest BCUT2D eigenvalue weighted by atomic mass is 9.85. The van der Waals surface area contributed by atoms with Gasteiger partial charge in [-0.15, -0.1) is 0 Å². The van der Waals surface area contributed by atoms with Crippen LogP contribution in [0.25, 0.3) is 0 Å². The number of hydrogen-bond acceptors (Lipinski definition) is 4. The highest BCUT2D eigenvalue weighted by Crippen LogP contribution is 2.23. The summed E-state index contributed by atoms with van der Waals surface area (Å²) in [5, 5.41) is 12.5. The quantitative estimate of drug-likeness (QED) is 0.717. The van der Waals surface area contributed by atoms with Crippen molar-refractivity contribution in [2.75, 3.05) is 25.9 Å². The van der Waals surface area contributed by atoms with Gasteiger partial charge in [0.2, 0.25) is 10.0 Å². The van der Waals surface area contributed by atoms with Crippen molar-refractivity contribution in [3.8, 4) is 6.07 Å². The minimum absolute atomic E-state index is 0.117. The van der Waals surface area contributed by atoms with Crippen LogP contribution in [0.5, 0.6) is 0 Å². The molecule has 0 aromatic carbocycles. The zero-order chi connectivity index (χ0) is 14.3. The molecule has 1 aliphatic carbocycles. The Morgan fingerprint density at radius 3 is 2.63 bits per heavy atom. The number of nitriles is 1. The average Bonchev–Trinajstić information content (AvgIpc) is 2.37. The van der Waals surface area contributed by atoms with Crippen LogP contribution in [0.3, 0.4) is 0 Å². The van der Waals surface area contributed by atoms with Crippen LogP contribution in [-0.2, 0) is 10.0 Å². The van der Waals surface area contributed by atoms with Crippen molar-refractivity contribution in [3.63, 3.8) is 0 Å². The van der Waals surface area contributed by atoms with E-state index >= 15 is 0 Å². The Hall–Kier alpha value is -0.640. The molecular formula is C13H25N3O2S. The largest absolute Gasteiger partial charge is 0.313 e. The van der Waals surface area contributed by atoms with E-state index in [1.54, 1.807) is 0 Å². The van der Waals surface area contributed by atoms with Gasteiger partial charge in [0, 0.05) is 19.1 Å². The summed E-state index contributed by atoms with van der Waals surface area (Å²) in [4.78, 5) is 0. The molecule has 0 heterocycles. The summed E-state index contributed by atoms with van der Waals surface area (Å²) >= 11 is 0. The molecular weight excluding hydrogens is 262 g/mol. The van der Waals surface area contributed by atoms with Crippen molar-refractivity contribution in [1.82, 2.24) is 9.62 Å². The zero-order valence-corrected chi connectivity index (χ0v) is 12.7. The van der Waals surface area contributed by atoms with E-state index in [0.717, 1.165) is 32.2 Å². The van der Waals surface area contributed by atoms with Gasteiger partial charge in [-0.25, -0.2) is 12.7 Å². The van der Waals surface area contributed by atoms with Crippen LogP contribution < -0.4 is 5.32 Å². The zero-order valence-electron chi connectivity index (χ0n) is 11.9. The van der Waals surface area contributed by atoms with E-state index in [9.17, 15) is 8.42 Å². The molecule has 110 valence electrons. The molecule has 0 spiro atoms. The number of sulfonamides is 1. The summed E-state index contributed by atoms with van der Waals surface area (Å²) in [5.74, 6) is 0.117. The first-order valence-corrected chi connectivity index (χ1v) is 8.92. The topological polar surface area (TPSA) is 73.2 Å². The highest BCUT2D eigenvalue weighted by molar-refractivity contribution is 7.88. The molecule has 5 nitrogen and oxygen atoms in total. The normalized spacial score (nSPS) is 24.3. The lowest BCUT2D eigenvalue weighted by Gasteiger charge is -2.28. The first-order valence-electron chi connectivity index (χ1n) is 7.07. The van der Waals surface area contributed by atoms with Gasteiger partial charge < -0.3 is 5.32 Å². The number of rotatable bonds is 7. The third-order valence-electron chi connectivity index (χ3n) is 3.74. The monoisotopic (exact) mass is 287 g/mol. The highest BCUT2D eigenvalue weighted by Gasteiger charge is 2.24. The molecule has 0 saturated heterocycles. The van der Waals surface area contributed by atoms with Crippen molar-refractivity contribution in [1.29, 1.82) is 5.26 Å². The minimum atomic E-state index is -3.08. The molecule has 19 heavy (non-hydrogen) atoms. The Bertz CT molecular complexity index is 403. The molecule has 0 amide bonds. The van der Waals surface area contributed by atoms with Gasteiger partial charge in [-0.2, -0.15) is 5.26 Å². The van der Waals surface area contributed by atoms with Crippen molar-refractivity contribution >= 4 is 10.0 Å². The fraction of sp³-hybridized carbons (Fsp3) is 0.923. The van der Waals surface area contributed by atoms with E-state index < -0.39 is 10.0 Å². The fourth-order valence-electron chi connectivity index (χ4n) is 2.63. The Morgan fingerprint density at radius 1 is 1.37 bits per heavy atom. The summed E-state index contributed by atoms with van der Waals surface area (Å²) in [6, 6.07) is 2.65. The molecule has 0 aromatic rings. The molecule has 1 rings (SSSR count). The molecule has 2 atom stereocenters. The molecule has 1 aliphatic rings. The number of hydrogen-bond donors (Lipinski definition) is 1. The van der Waals surface area contributed by atoms with E-state index in [4.69, 9.17) is 5.26 Å². The first kappa shape index (κ1) is 16.4. The summed E-state index contributed by atoms with van der Waals surface area (Å²) in [7, 11) is -3.08. The molecule has 1 N–H and O–H groups in total. The van der Waals surface area contributed by atoms with Gasteiger partial charge in [0.05, 0.1) is 18.2 Å². The van der Waals surface area contributed by atoms with E-state index in [0.29, 0.717) is 13.1 Å². The van der Waals surface area contributed by atoms with Crippen LogP contribution in [0.2, 0.25) is 0 Å². The van der Waals surface area contributed by atoms with E-state index in [1.807, 2.05) is 6.92 Å². The fourth-order valence-corrected chi connectivity index (χ4v) is 3.56. The van der Waals surface area contributed by atoms with Crippen molar-refractivity contribution in [2.45, 2.75) is 45.1 Å². The van der Waals surface area contributed by atoms with Crippen molar-refractivity contribution in [3.05, 3.63) is 0 Å². The number of nitrogens with zero attached hydrogens (tertiary/aromatic N) is 2. The number of nitrogens with one attached hydrogen (secondary N) is 1. The van der Waals surface area contributed by atoms with Gasteiger partial charge >= 0.3 is 0 Å². The van der Waals surface area contributed by atoms with E-state index in [2.05, 4.69) is 11.4 Å². The lowest BCUT2D eigenvalue weighted by molar-refractivity contribution is 0.307. The second-order valence-corrected chi connectivity index (χ2v) is 7.17. The molecule has 0 radical (unpaired) electrons. The summed E-state index contributed by atoms with van der Waals surface area (Å²) in [5.41, 5.74) is 0. The maximum atomic E-state index is 11.4. The predicted molar refractivity (Wildman–Crippen MR) is 76.1 cm³/mol. The van der Waals surface area contributed by atoms with Gasteiger partial charge in [0.15, 0.2) is 0 Å². The standard InChI is InChI=1S/C13H25N3O2S/c1-3-16(19(2,17)18)10-6-9-15-13-8-5-4-7-12(13)11-14/h12-13,15H,3-10H2,1-2H3. The van der Waals surface area contributed by atoms with Crippen molar-refractivity contribution in [2.24, 2.45) is 5.92 Å². The third kappa shape index (κ3) is 5.47. The van der Waals surface area contributed by atoms with Gasteiger partial charge in [-0.1, -0.05) is 19.8 Å². The molecule has 0 bridgehead atoms. The maximum absolute atomic E-state index is 11.4. The smallest absolute Gasteiger partial charge is 0.211 e. The molecule has 0 aromatic heterocycles. The van der Waals surface area contributed by atoms with Gasteiger partial charge in [-0.3, -0.25) is 0 Å². The summed E-state index contributed by atoms with van der Waals surface area (Å²) < 4.78 is 24.3. The van der Waals surface area contributed by atoms with Gasteiger partial charge in [0.1, 0.15) is 0 Å². The van der Waals surface area contributed by atoms with Gasteiger partial charge in [0.25, 0.3) is 0 Å². The summed E-state index contributed by atoms with van der Waals surface area (Å²) in [6.07, 6.45) is 6.40. The molecule has 0 aliphatic heterocycles. The van der Waals surface area contributed by atoms with E-state index in [1.165, 1.54) is 17.0 Å². The van der Waals surface area contributed by atoms with Crippen LogP contribution >= 0.6 is 0 Å². The average molecular weight is 287 g/mol. The maximum Gasteiger partial charge on any atom is 0.211 e. The van der Waals surface area contributed by atoms with Gasteiger partial charge in [-0.05, 0) is 25.8 Å². The Labute approximate surface area is 117 Å². The van der Waals surface area contributed by atoms with Crippen LogP contribution in [0.1, 0.15) is 39.0 Å². The second-order valence-electron chi connectivity index (χ2n) is 5.19. The first-order chi connectivity index (χ1) is 8.99. The molecule has 6 heteroatoms. The van der Waals surface area contributed by atoms with Crippen LogP contribution in [-0.4, -0.2) is 44.7 Å². The lowest BCUT2D eigenvalue weighted by Crippen LogP contribution is -2.39. The molecule has 1 saturated carbocycles. The Morgan fingerprint density at radius 2 is 2.05 bits per heavy atom. The highest BCUT2D eigenvalue weighted by atomic mass is 32.2. The predicted octanol–water partition coefficient (Wildman–Crippen LogP) is 1.33. The molecule has 1 fully saturated rings. The van der Waals surface area contributed by atoms with E-state index in [-0.39, 0.29) is 12.0 Å². The van der Waals surface area contributed by atoms with Crippen LogP contribution in [0.15, 0.2) is 0 Å². The molecule has 2 unspecified atom stereocenters. The Kier molecular flexibility index (Phi) is 6.76. The second kappa shape index (κ2) is 7.83. The minimum Gasteiger partial charge on any atom is -0.313 e.